The summed E-state index contributed by atoms with van der Waals surface area (Å²) in [5, 5.41) is 0. The normalized spacial score (nSPS) is 16.0. The molecule has 0 aliphatic carbocycles. The van der Waals surface area contributed by atoms with Gasteiger partial charge in [0.2, 0.25) is 11.8 Å². The molecule has 0 aromatic heterocycles. The van der Waals surface area contributed by atoms with Crippen molar-refractivity contribution in [3.05, 3.63) is 59.7 Å². The summed E-state index contributed by atoms with van der Waals surface area (Å²) in [7, 11) is 4.48. The van der Waals surface area contributed by atoms with E-state index in [0.717, 1.165) is 16.9 Å². The maximum Gasteiger partial charge on any atom is 0.307 e. The summed E-state index contributed by atoms with van der Waals surface area (Å²) in [5.74, 6) is 0.561. The van der Waals surface area contributed by atoms with Crippen LogP contribution in [-0.4, -0.2) is 81.2 Å². The lowest BCUT2D eigenvalue weighted by atomic mass is 10.1. The van der Waals surface area contributed by atoms with E-state index in [1.54, 1.807) is 25.2 Å². The lowest BCUT2D eigenvalue weighted by Gasteiger charge is -2.25. The van der Waals surface area contributed by atoms with Crippen LogP contribution in [0.15, 0.2) is 48.5 Å². The zero-order valence-electron chi connectivity index (χ0n) is 20.4. The van der Waals surface area contributed by atoms with Gasteiger partial charge < -0.3 is 28.7 Å². The van der Waals surface area contributed by atoms with E-state index in [1.165, 1.54) is 12.0 Å². The van der Waals surface area contributed by atoms with E-state index in [1.807, 2.05) is 42.5 Å². The number of esters is 1. The predicted octanol–water partition coefficient (Wildman–Crippen LogP) is 2.07. The maximum absolute atomic E-state index is 13.2. The molecule has 1 saturated heterocycles. The summed E-state index contributed by atoms with van der Waals surface area (Å²) in [5.41, 5.74) is 1.71. The summed E-state index contributed by atoms with van der Waals surface area (Å²) in [6.07, 6.45) is -0.225. The highest BCUT2D eigenvalue weighted by Gasteiger charge is 2.31. The van der Waals surface area contributed by atoms with Crippen LogP contribution in [0.1, 0.15) is 17.5 Å². The first kappa shape index (κ1) is 26.0. The molecule has 1 fully saturated rings. The van der Waals surface area contributed by atoms with E-state index in [4.69, 9.17) is 18.9 Å². The van der Waals surface area contributed by atoms with Gasteiger partial charge in [0.25, 0.3) is 0 Å². The molecule has 1 heterocycles. The van der Waals surface area contributed by atoms with Crippen molar-refractivity contribution < 1.29 is 33.3 Å². The number of carbonyl (C=O) groups is 3. The van der Waals surface area contributed by atoms with E-state index < -0.39 is 12.1 Å². The lowest BCUT2D eigenvalue weighted by molar-refractivity contribution is -0.142. The first-order chi connectivity index (χ1) is 16.9. The standard InChI is InChI=1S/C26H32N2O7/c1-32-21-8-4-6-19(12-21)14-24(29)28-16-23(35-18-20-7-5-9-22(13-20)33-2)15-27(25(30)17-28)11-10-26(31)34-3/h4-9,12-13,23H,10-11,14-18H2,1-3H3/t23-/m0/s1. The zero-order chi connectivity index (χ0) is 25.2. The van der Waals surface area contributed by atoms with Crippen LogP contribution < -0.4 is 9.47 Å². The van der Waals surface area contributed by atoms with E-state index >= 15 is 0 Å². The van der Waals surface area contributed by atoms with Gasteiger partial charge in [-0.1, -0.05) is 24.3 Å². The zero-order valence-corrected chi connectivity index (χ0v) is 20.4. The van der Waals surface area contributed by atoms with Gasteiger partial charge in [0.15, 0.2) is 0 Å². The second kappa shape index (κ2) is 12.8. The fourth-order valence-electron chi connectivity index (χ4n) is 3.86. The molecule has 0 unspecified atom stereocenters. The Morgan fingerprint density at radius 2 is 1.60 bits per heavy atom. The number of rotatable bonds is 10. The van der Waals surface area contributed by atoms with Crippen molar-refractivity contribution in [3.63, 3.8) is 0 Å². The van der Waals surface area contributed by atoms with Gasteiger partial charge >= 0.3 is 5.97 Å². The Balaban J connectivity index is 1.73. The van der Waals surface area contributed by atoms with E-state index in [9.17, 15) is 14.4 Å². The monoisotopic (exact) mass is 484 g/mol. The molecule has 2 aromatic carbocycles. The summed E-state index contributed by atoms with van der Waals surface area (Å²) < 4.78 is 21.4. The van der Waals surface area contributed by atoms with Crippen LogP contribution in [0, 0.1) is 0 Å². The molecule has 9 nitrogen and oxygen atoms in total. The molecule has 2 aromatic rings. The largest absolute Gasteiger partial charge is 0.497 e. The van der Waals surface area contributed by atoms with Gasteiger partial charge in [0.05, 0.1) is 53.4 Å². The molecule has 0 N–H and O–H groups in total. The third-order valence-electron chi connectivity index (χ3n) is 5.80. The van der Waals surface area contributed by atoms with E-state index in [-0.39, 0.29) is 50.8 Å². The minimum absolute atomic E-state index is 0.0720. The average molecular weight is 485 g/mol. The molecule has 35 heavy (non-hydrogen) atoms. The number of nitrogens with zero attached hydrogens (tertiary/aromatic N) is 2. The van der Waals surface area contributed by atoms with Crippen LogP contribution in [0.5, 0.6) is 11.5 Å². The average Bonchev–Trinajstić information content (AvgIpc) is 3.04. The smallest absolute Gasteiger partial charge is 0.307 e. The fraction of sp³-hybridized carbons (Fsp3) is 0.423. The van der Waals surface area contributed by atoms with Crippen molar-refractivity contribution in [3.8, 4) is 11.5 Å². The van der Waals surface area contributed by atoms with Crippen LogP contribution in [0.3, 0.4) is 0 Å². The van der Waals surface area contributed by atoms with Gasteiger partial charge in [-0.05, 0) is 35.4 Å². The van der Waals surface area contributed by atoms with Crippen molar-refractivity contribution in [2.45, 2.75) is 25.6 Å². The Morgan fingerprint density at radius 1 is 0.943 bits per heavy atom. The molecule has 188 valence electrons. The molecule has 1 atom stereocenters. The van der Waals surface area contributed by atoms with Crippen LogP contribution in [0.25, 0.3) is 0 Å². The Labute approximate surface area is 205 Å². The van der Waals surface area contributed by atoms with Gasteiger partial charge in [0.1, 0.15) is 11.5 Å². The van der Waals surface area contributed by atoms with Gasteiger partial charge in [-0.2, -0.15) is 0 Å². The van der Waals surface area contributed by atoms with Crippen molar-refractivity contribution in [1.29, 1.82) is 0 Å². The minimum atomic E-state index is -0.431. The summed E-state index contributed by atoms with van der Waals surface area (Å²) in [6.45, 7) is 0.931. The second-order valence-electron chi connectivity index (χ2n) is 8.25. The molecular formula is C26H32N2O7. The molecule has 0 radical (unpaired) electrons. The number of hydrogen-bond donors (Lipinski definition) is 0. The fourth-order valence-corrected chi connectivity index (χ4v) is 3.86. The summed E-state index contributed by atoms with van der Waals surface area (Å²) in [4.78, 5) is 40.9. The third kappa shape index (κ3) is 7.71. The third-order valence-corrected chi connectivity index (χ3v) is 5.80. The van der Waals surface area contributed by atoms with Crippen LogP contribution in [0.4, 0.5) is 0 Å². The molecule has 2 amide bonds. The molecule has 0 saturated carbocycles. The molecule has 1 aliphatic heterocycles. The molecule has 1 aliphatic rings. The van der Waals surface area contributed by atoms with Crippen LogP contribution in [0.2, 0.25) is 0 Å². The van der Waals surface area contributed by atoms with Gasteiger partial charge in [-0.3, -0.25) is 14.4 Å². The van der Waals surface area contributed by atoms with Crippen molar-refractivity contribution in [2.75, 3.05) is 47.5 Å². The second-order valence-corrected chi connectivity index (χ2v) is 8.25. The number of ether oxygens (including phenoxy) is 4. The maximum atomic E-state index is 13.2. The molecular weight excluding hydrogens is 452 g/mol. The lowest BCUT2D eigenvalue weighted by Crippen LogP contribution is -2.40. The highest BCUT2D eigenvalue weighted by Crippen LogP contribution is 2.18. The Hall–Kier alpha value is -3.59. The van der Waals surface area contributed by atoms with Gasteiger partial charge in [0, 0.05) is 19.6 Å². The number of benzene rings is 2. The minimum Gasteiger partial charge on any atom is -0.497 e. The van der Waals surface area contributed by atoms with Gasteiger partial charge in [-0.15, -0.1) is 0 Å². The first-order valence-corrected chi connectivity index (χ1v) is 11.4. The number of hydrogen-bond acceptors (Lipinski definition) is 7. The SMILES string of the molecule is COC(=O)CCN1C[C@H](OCc2cccc(OC)c2)CN(C(=O)Cc2cccc(OC)c2)CC1=O. The molecule has 0 bridgehead atoms. The van der Waals surface area contributed by atoms with Crippen molar-refractivity contribution in [2.24, 2.45) is 0 Å². The Kier molecular flexibility index (Phi) is 9.48. The number of amides is 2. The molecule has 0 spiro atoms. The topological polar surface area (TPSA) is 94.6 Å². The number of methoxy groups -OCH3 is 3. The van der Waals surface area contributed by atoms with Crippen molar-refractivity contribution >= 4 is 17.8 Å². The Bertz CT molecular complexity index is 1030. The van der Waals surface area contributed by atoms with E-state index in [2.05, 4.69) is 0 Å². The van der Waals surface area contributed by atoms with Gasteiger partial charge in [-0.25, -0.2) is 0 Å². The van der Waals surface area contributed by atoms with E-state index in [0.29, 0.717) is 12.4 Å². The molecule has 3 rings (SSSR count). The molecule has 9 heteroatoms. The summed E-state index contributed by atoms with van der Waals surface area (Å²) in [6, 6.07) is 14.8. The van der Waals surface area contributed by atoms with Crippen LogP contribution >= 0.6 is 0 Å². The first-order valence-electron chi connectivity index (χ1n) is 11.4. The van der Waals surface area contributed by atoms with Crippen molar-refractivity contribution in [1.82, 2.24) is 9.80 Å². The highest BCUT2D eigenvalue weighted by molar-refractivity contribution is 5.86. The number of carbonyl (C=O) groups excluding carboxylic acids is 3. The highest BCUT2D eigenvalue weighted by atomic mass is 16.5. The predicted molar refractivity (Wildman–Crippen MR) is 128 cm³/mol. The van der Waals surface area contributed by atoms with Crippen LogP contribution in [-0.2, 0) is 36.9 Å². The quantitative estimate of drug-likeness (QED) is 0.477. The Morgan fingerprint density at radius 3 is 2.26 bits per heavy atom. The summed E-state index contributed by atoms with van der Waals surface area (Å²) >= 11 is 0.